The van der Waals surface area contributed by atoms with E-state index >= 15 is 0 Å². The summed E-state index contributed by atoms with van der Waals surface area (Å²) in [5.41, 5.74) is 1.60. The summed E-state index contributed by atoms with van der Waals surface area (Å²) in [4.78, 5) is 24.3. The summed E-state index contributed by atoms with van der Waals surface area (Å²) in [7, 11) is 0. The minimum Gasteiger partial charge on any atom is -0.488 e. The molecule has 0 N–H and O–H groups in total. The Hall–Kier alpha value is -2.74. The van der Waals surface area contributed by atoms with Crippen LogP contribution < -0.4 is 4.74 Å². The van der Waals surface area contributed by atoms with Crippen molar-refractivity contribution in [1.29, 1.82) is 0 Å². The third-order valence-corrected chi connectivity index (χ3v) is 6.39. The highest BCUT2D eigenvalue weighted by molar-refractivity contribution is 7.13. The Labute approximate surface area is 172 Å². The van der Waals surface area contributed by atoms with Crippen LogP contribution in [0.2, 0.25) is 0 Å². The second kappa shape index (κ2) is 7.26. The van der Waals surface area contributed by atoms with E-state index in [-0.39, 0.29) is 12.0 Å². The first-order valence-electron chi connectivity index (χ1n) is 9.91. The summed E-state index contributed by atoms with van der Waals surface area (Å²) in [6.45, 7) is 5.04. The molecule has 1 atom stereocenters. The van der Waals surface area contributed by atoms with Crippen LogP contribution >= 0.6 is 11.3 Å². The lowest BCUT2D eigenvalue weighted by Gasteiger charge is -2.17. The van der Waals surface area contributed by atoms with Gasteiger partial charge in [-0.05, 0) is 38.8 Å². The number of aromatic nitrogens is 3. The zero-order valence-electron chi connectivity index (χ0n) is 16.4. The van der Waals surface area contributed by atoms with Crippen molar-refractivity contribution < 1.29 is 14.1 Å². The fourth-order valence-corrected chi connectivity index (χ4v) is 4.55. The van der Waals surface area contributed by atoms with Crippen molar-refractivity contribution in [3.8, 4) is 17.2 Å². The predicted molar refractivity (Wildman–Crippen MR) is 108 cm³/mol. The SMILES string of the molecule is Cc1nc(C)c(C(=O)N2CCC(Oc3ccccc3-c3nc(C4CC4)no3)C2)s1. The van der Waals surface area contributed by atoms with E-state index in [1.807, 2.05) is 43.0 Å². The fourth-order valence-electron chi connectivity index (χ4n) is 3.66. The van der Waals surface area contributed by atoms with Crippen molar-refractivity contribution in [3.63, 3.8) is 0 Å². The molecule has 1 unspecified atom stereocenters. The van der Waals surface area contributed by atoms with Crippen LogP contribution in [0.5, 0.6) is 5.75 Å². The van der Waals surface area contributed by atoms with Gasteiger partial charge in [0, 0.05) is 18.9 Å². The van der Waals surface area contributed by atoms with Crippen LogP contribution in [-0.2, 0) is 0 Å². The topological polar surface area (TPSA) is 81.4 Å². The molecule has 150 valence electrons. The molecule has 1 aliphatic carbocycles. The normalized spacial score (nSPS) is 19.0. The molecule has 5 rings (SSSR count). The van der Waals surface area contributed by atoms with Gasteiger partial charge >= 0.3 is 0 Å². The average Bonchev–Trinajstić information content (AvgIpc) is 3.11. The van der Waals surface area contributed by atoms with Gasteiger partial charge in [0.25, 0.3) is 11.8 Å². The van der Waals surface area contributed by atoms with Gasteiger partial charge < -0.3 is 14.2 Å². The number of rotatable bonds is 5. The van der Waals surface area contributed by atoms with Crippen LogP contribution in [0.25, 0.3) is 11.5 Å². The van der Waals surface area contributed by atoms with Crippen LogP contribution in [0.1, 0.15) is 51.4 Å². The van der Waals surface area contributed by atoms with E-state index in [1.165, 1.54) is 11.3 Å². The van der Waals surface area contributed by atoms with E-state index in [4.69, 9.17) is 9.26 Å². The van der Waals surface area contributed by atoms with Crippen molar-refractivity contribution in [2.75, 3.05) is 13.1 Å². The van der Waals surface area contributed by atoms with Crippen LogP contribution in [0, 0.1) is 13.8 Å². The van der Waals surface area contributed by atoms with Crippen molar-refractivity contribution in [2.45, 2.75) is 45.1 Å². The Morgan fingerprint density at radius 2 is 2.03 bits per heavy atom. The first-order chi connectivity index (χ1) is 14.1. The van der Waals surface area contributed by atoms with Gasteiger partial charge in [-0.1, -0.05) is 17.3 Å². The number of thiazole rings is 1. The number of aryl methyl sites for hydroxylation is 2. The number of ether oxygens (including phenoxy) is 1. The zero-order valence-corrected chi connectivity index (χ0v) is 17.2. The Morgan fingerprint density at radius 3 is 2.79 bits per heavy atom. The molecule has 1 saturated heterocycles. The molecule has 1 aromatic carbocycles. The molecule has 1 amide bonds. The molecule has 2 fully saturated rings. The van der Waals surface area contributed by atoms with Gasteiger partial charge in [0.05, 0.1) is 22.8 Å². The van der Waals surface area contributed by atoms with Gasteiger partial charge in [0.2, 0.25) is 0 Å². The lowest BCUT2D eigenvalue weighted by atomic mass is 10.2. The Morgan fingerprint density at radius 1 is 1.21 bits per heavy atom. The molecule has 0 spiro atoms. The smallest absolute Gasteiger partial charge is 0.265 e. The number of likely N-dealkylation sites (tertiary alicyclic amines) is 1. The summed E-state index contributed by atoms with van der Waals surface area (Å²) in [5.74, 6) is 2.46. The minimum absolute atomic E-state index is 0.0402. The molecule has 2 aliphatic rings. The Balaban J connectivity index is 1.30. The molecular formula is C21H22N4O3S. The third kappa shape index (κ3) is 3.64. The van der Waals surface area contributed by atoms with E-state index in [1.54, 1.807) is 0 Å². The first kappa shape index (κ1) is 18.3. The molecule has 7 nitrogen and oxygen atoms in total. The lowest BCUT2D eigenvalue weighted by Crippen LogP contribution is -2.30. The van der Waals surface area contributed by atoms with Gasteiger partial charge in [-0.2, -0.15) is 4.98 Å². The molecule has 0 bridgehead atoms. The minimum atomic E-state index is -0.0692. The van der Waals surface area contributed by atoms with Crippen LogP contribution in [-0.4, -0.2) is 45.1 Å². The lowest BCUT2D eigenvalue weighted by molar-refractivity contribution is 0.0776. The highest BCUT2D eigenvalue weighted by Gasteiger charge is 2.32. The van der Waals surface area contributed by atoms with Crippen LogP contribution in [0.15, 0.2) is 28.8 Å². The molecule has 3 heterocycles. The molecule has 2 aromatic heterocycles. The average molecular weight is 410 g/mol. The third-order valence-electron chi connectivity index (χ3n) is 5.33. The van der Waals surface area contributed by atoms with Crippen molar-refractivity contribution in [2.24, 2.45) is 0 Å². The molecule has 1 saturated carbocycles. The van der Waals surface area contributed by atoms with Gasteiger partial charge in [-0.15, -0.1) is 11.3 Å². The number of amides is 1. The number of carbonyl (C=O) groups is 1. The Kier molecular flexibility index (Phi) is 4.58. The number of nitrogens with zero attached hydrogens (tertiary/aromatic N) is 4. The van der Waals surface area contributed by atoms with E-state index in [0.717, 1.165) is 46.2 Å². The monoisotopic (exact) mass is 410 g/mol. The summed E-state index contributed by atoms with van der Waals surface area (Å²) in [5, 5.41) is 5.02. The number of benzene rings is 1. The zero-order chi connectivity index (χ0) is 20.0. The largest absolute Gasteiger partial charge is 0.488 e. The Bertz CT molecular complexity index is 1060. The van der Waals surface area contributed by atoms with Crippen LogP contribution in [0.4, 0.5) is 0 Å². The molecule has 3 aromatic rings. The number of carbonyl (C=O) groups excluding carboxylic acids is 1. The molecule has 0 radical (unpaired) electrons. The molecule has 8 heteroatoms. The molecular weight excluding hydrogens is 388 g/mol. The fraction of sp³-hybridized carbons (Fsp3) is 0.429. The van der Waals surface area contributed by atoms with E-state index in [0.29, 0.717) is 30.6 Å². The summed E-state index contributed by atoms with van der Waals surface area (Å²) < 4.78 is 11.7. The van der Waals surface area contributed by atoms with E-state index < -0.39 is 0 Å². The molecule has 29 heavy (non-hydrogen) atoms. The van der Waals surface area contributed by atoms with Gasteiger partial charge in [-0.3, -0.25) is 4.79 Å². The second-order valence-corrected chi connectivity index (χ2v) is 8.86. The highest BCUT2D eigenvalue weighted by Crippen LogP contribution is 2.40. The van der Waals surface area contributed by atoms with Gasteiger partial charge in [0.15, 0.2) is 5.82 Å². The predicted octanol–water partition coefficient (Wildman–Crippen LogP) is 3.98. The summed E-state index contributed by atoms with van der Waals surface area (Å²) >= 11 is 1.45. The quantitative estimate of drug-likeness (QED) is 0.633. The van der Waals surface area contributed by atoms with Crippen molar-refractivity contribution >= 4 is 17.2 Å². The molecule has 1 aliphatic heterocycles. The van der Waals surface area contributed by atoms with Gasteiger partial charge in [-0.25, -0.2) is 4.98 Å². The van der Waals surface area contributed by atoms with E-state index in [9.17, 15) is 4.79 Å². The van der Waals surface area contributed by atoms with Gasteiger partial charge in [0.1, 0.15) is 16.7 Å². The van der Waals surface area contributed by atoms with Crippen molar-refractivity contribution in [1.82, 2.24) is 20.0 Å². The summed E-state index contributed by atoms with van der Waals surface area (Å²) in [6.07, 6.45) is 2.97. The van der Waals surface area contributed by atoms with Crippen molar-refractivity contribution in [3.05, 3.63) is 45.7 Å². The van der Waals surface area contributed by atoms with E-state index in [2.05, 4.69) is 15.1 Å². The number of hydrogen-bond acceptors (Lipinski definition) is 7. The summed E-state index contributed by atoms with van der Waals surface area (Å²) in [6, 6.07) is 7.71. The standard InChI is InChI=1S/C21H22N4O3S/c1-12-18(29-13(2)22-12)21(26)25-10-9-15(11-25)27-17-6-4-3-5-16(17)20-23-19(24-28-20)14-7-8-14/h3-6,14-15H,7-11H2,1-2H3. The maximum atomic E-state index is 12.8. The maximum absolute atomic E-state index is 12.8. The second-order valence-electron chi connectivity index (χ2n) is 7.66. The highest BCUT2D eigenvalue weighted by atomic mass is 32.1. The van der Waals surface area contributed by atoms with Crippen LogP contribution in [0.3, 0.4) is 0 Å². The number of para-hydroxylation sites is 1. The first-order valence-corrected chi connectivity index (χ1v) is 10.7. The number of hydrogen-bond donors (Lipinski definition) is 0. The maximum Gasteiger partial charge on any atom is 0.265 e.